The highest BCUT2D eigenvalue weighted by atomic mass is 16.2. The number of amides is 2. The standard InChI is InChI=1S/C23H26N4O2/c1-17(2)19-7-4-18(5-8-19)6-13-22(28)24-16-23(29)26-20-9-11-21(12-10-20)27-15-3-14-25-27/h3-5,7-12,14-15,17H,6,13,16H2,1-2H3,(H,24,28)(H,26,29). The summed E-state index contributed by atoms with van der Waals surface area (Å²) >= 11 is 0. The first-order valence-corrected chi connectivity index (χ1v) is 9.77. The Labute approximate surface area is 170 Å². The lowest BCUT2D eigenvalue weighted by Crippen LogP contribution is -2.32. The van der Waals surface area contributed by atoms with Crippen molar-refractivity contribution in [1.29, 1.82) is 0 Å². The third kappa shape index (κ3) is 6.04. The van der Waals surface area contributed by atoms with E-state index < -0.39 is 0 Å². The Bertz CT molecular complexity index is 930. The van der Waals surface area contributed by atoms with Gasteiger partial charge in [-0.25, -0.2) is 4.68 Å². The highest BCUT2D eigenvalue weighted by molar-refractivity contribution is 5.94. The molecule has 6 nitrogen and oxygen atoms in total. The van der Waals surface area contributed by atoms with Gasteiger partial charge in [0.25, 0.3) is 0 Å². The minimum atomic E-state index is -0.258. The summed E-state index contributed by atoms with van der Waals surface area (Å²) in [6, 6.07) is 17.5. The van der Waals surface area contributed by atoms with Crippen LogP contribution in [-0.4, -0.2) is 28.1 Å². The quantitative estimate of drug-likeness (QED) is 0.616. The highest BCUT2D eigenvalue weighted by Crippen LogP contribution is 2.15. The van der Waals surface area contributed by atoms with Crippen molar-refractivity contribution in [3.8, 4) is 5.69 Å². The minimum absolute atomic E-state index is 0.0496. The lowest BCUT2D eigenvalue weighted by atomic mass is 10.0. The Morgan fingerprint density at radius 1 is 1.00 bits per heavy atom. The fourth-order valence-corrected chi connectivity index (χ4v) is 2.92. The SMILES string of the molecule is CC(C)c1ccc(CCC(=O)NCC(=O)Nc2ccc(-n3cccn3)cc2)cc1. The lowest BCUT2D eigenvalue weighted by molar-refractivity contribution is -0.124. The molecule has 1 heterocycles. The van der Waals surface area contributed by atoms with Gasteiger partial charge in [-0.3, -0.25) is 9.59 Å². The molecule has 3 aromatic rings. The molecule has 0 aliphatic heterocycles. The molecule has 0 aliphatic carbocycles. The molecule has 0 unspecified atom stereocenters. The van der Waals surface area contributed by atoms with Crippen molar-refractivity contribution in [3.05, 3.63) is 78.1 Å². The van der Waals surface area contributed by atoms with Gasteiger partial charge in [-0.05, 0) is 53.8 Å². The van der Waals surface area contributed by atoms with E-state index in [2.05, 4.69) is 53.8 Å². The molecule has 0 saturated carbocycles. The molecule has 0 bridgehead atoms. The molecule has 0 saturated heterocycles. The summed E-state index contributed by atoms with van der Waals surface area (Å²) in [5.41, 5.74) is 3.98. The molecule has 0 atom stereocenters. The van der Waals surface area contributed by atoms with E-state index in [-0.39, 0.29) is 18.4 Å². The van der Waals surface area contributed by atoms with Gasteiger partial charge in [-0.2, -0.15) is 5.10 Å². The summed E-state index contributed by atoms with van der Waals surface area (Å²) < 4.78 is 1.74. The van der Waals surface area contributed by atoms with Crippen molar-refractivity contribution in [2.75, 3.05) is 11.9 Å². The Kier molecular flexibility index (Phi) is 6.79. The molecule has 0 aliphatic rings. The van der Waals surface area contributed by atoms with Gasteiger partial charge in [0, 0.05) is 24.5 Å². The van der Waals surface area contributed by atoms with Gasteiger partial charge >= 0.3 is 0 Å². The van der Waals surface area contributed by atoms with E-state index in [1.165, 1.54) is 5.56 Å². The number of carbonyl (C=O) groups is 2. The summed E-state index contributed by atoms with van der Waals surface area (Å²) in [5.74, 6) is 0.0983. The van der Waals surface area contributed by atoms with Gasteiger partial charge in [0.1, 0.15) is 0 Å². The summed E-state index contributed by atoms with van der Waals surface area (Å²) in [5, 5.41) is 9.61. The maximum atomic E-state index is 12.1. The van der Waals surface area contributed by atoms with Crippen molar-refractivity contribution in [2.45, 2.75) is 32.6 Å². The number of anilines is 1. The summed E-state index contributed by atoms with van der Waals surface area (Å²) in [6.07, 6.45) is 4.56. The van der Waals surface area contributed by atoms with Gasteiger partial charge in [0.15, 0.2) is 0 Å². The number of aromatic nitrogens is 2. The second-order valence-corrected chi connectivity index (χ2v) is 7.22. The van der Waals surface area contributed by atoms with Crippen LogP contribution in [0.1, 0.15) is 37.3 Å². The molecular weight excluding hydrogens is 364 g/mol. The van der Waals surface area contributed by atoms with E-state index >= 15 is 0 Å². The van der Waals surface area contributed by atoms with Gasteiger partial charge in [-0.15, -0.1) is 0 Å². The van der Waals surface area contributed by atoms with Gasteiger partial charge in [0.2, 0.25) is 11.8 Å². The Morgan fingerprint density at radius 3 is 2.34 bits per heavy atom. The first-order valence-electron chi connectivity index (χ1n) is 9.77. The molecular formula is C23H26N4O2. The number of aryl methyl sites for hydroxylation is 1. The van der Waals surface area contributed by atoms with E-state index in [1.54, 1.807) is 23.0 Å². The topological polar surface area (TPSA) is 76.0 Å². The first-order chi connectivity index (χ1) is 14.0. The van der Waals surface area contributed by atoms with E-state index in [4.69, 9.17) is 0 Å². The van der Waals surface area contributed by atoms with Gasteiger partial charge in [0.05, 0.1) is 12.2 Å². The van der Waals surface area contributed by atoms with Crippen LogP contribution >= 0.6 is 0 Å². The first kappa shape index (κ1) is 20.3. The van der Waals surface area contributed by atoms with E-state index in [9.17, 15) is 9.59 Å². The van der Waals surface area contributed by atoms with Crippen LogP contribution in [0.3, 0.4) is 0 Å². The van der Waals surface area contributed by atoms with Crippen molar-refractivity contribution in [3.63, 3.8) is 0 Å². The molecule has 3 rings (SSSR count). The van der Waals surface area contributed by atoms with E-state index in [0.29, 0.717) is 24.4 Å². The van der Waals surface area contributed by atoms with Crippen LogP contribution in [0.2, 0.25) is 0 Å². The molecule has 2 N–H and O–H groups in total. The van der Waals surface area contributed by atoms with Crippen molar-refractivity contribution >= 4 is 17.5 Å². The average molecular weight is 390 g/mol. The molecule has 2 amide bonds. The predicted octanol–water partition coefficient (Wildman–Crippen LogP) is 3.68. The lowest BCUT2D eigenvalue weighted by Gasteiger charge is -2.09. The van der Waals surface area contributed by atoms with Crippen LogP contribution in [0, 0.1) is 0 Å². The molecule has 150 valence electrons. The number of hydrogen-bond donors (Lipinski definition) is 2. The zero-order valence-corrected chi connectivity index (χ0v) is 16.8. The largest absolute Gasteiger partial charge is 0.347 e. The third-order valence-corrected chi connectivity index (χ3v) is 4.65. The maximum absolute atomic E-state index is 12.1. The van der Waals surface area contributed by atoms with Crippen LogP contribution < -0.4 is 10.6 Å². The number of hydrogen-bond acceptors (Lipinski definition) is 3. The number of nitrogens with one attached hydrogen (secondary N) is 2. The number of benzene rings is 2. The smallest absolute Gasteiger partial charge is 0.243 e. The minimum Gasteiger partial charge on any atom is -0.347 e. The van der Waals surface area contributed by atoms with Crippen LogP contribution in [0.25, 0.3) is 5.69 Å². The normalized spacial score (nSPS) is 10.7. The molecule has 6 heteroatoms. The Hall–Kier alpha value is -3.41. The molecule has 0 spiro atoms. The maximum Gasteiger partial charge on any atom is 0.243 e. The molecule has 2 aromatic carbocycles. The van der Waals surface area contributed by atoms with E-state index in [0.717, 1.165) is 11.3 Å². The Morgan fingerprint density at radius 2 is 1.72 bits per heavy atom. The van der Waals surface area contributed by atoms with E-state index in [1.807, 2.05) is 24.4 Å². The molecule has 1 aromatic heterocycles. The Balaban J connectivity index is 1.40. The number of carbonyl (C=O) groups excluding carboxylic acids is 2. The van der Waals surface area contributed by atoms with Crippen LogP contribution in [0.4, 0.5) is 5.69 Å². The van der Waals surface area contributed by atoms with Crippen LogP contribution in [0.5, 0.6) is 0 Å². The van der Waals surface area contributed by atoms with Gasteiger partial charge < -0.3 is 10.6 Å². The monoisotopic (exact) mass is 390 g/mol. The zero-order chi connectivity index (χ0) is 20.6. The van der Waals surface area contributed by atoms with Gasteiger partial charge in [-0.1, -0.05) is 38.1 Å². The molecule has 29 heavy (non-hydrogen) atoms. The zero-order valence-electron chi connectivity index (χ0n) is 16.8. The second-order valence-electron chi connectivity index (χ2n) is 7.22. The second kappa shape index (κ2) is 9.68. The van der Waals surface area contributed by atoms with Crippen molar-refractivity contribution in [1.82, 2.24) is 15.1 Å². The van der Waals surface area contributed by atoms with Crippen molar-refractivity contribution < 1.29 is 9.59 Å². The fourth-order valence-electron chi connectivity index (χ4n) is 2.92. The summed E-state index contributed by atoms with van der Waals surface area (Å²) in [7, 11) is 0. The summed E-state index contributed by atoms with van der Waals surface area (Å²) in [4.78, 5) is 24.1. The highest BCUT2D eigenvalue weighted by Gasteiger charge is 2.07. The number of rotatable bonds is 8. The van der Waals surface area contributed by atoms with Crippen LogP contribution in [0.15, 0.2) is 67.0 Å². The predicted molar refractivity (Wildman–Crippen MR) is 114 cm³/mol. The summed E-state index contributed by atoms with van der Waals surface area (Å²) in [6.45, 7) is 4.26. The number of nitrogens with zero attached hydrogens (tertiary/aromatic N) is 2. The average Bonchev–Trinajstić information content (AvgIpc) is 3.26. The fraction of sp³-hybridized carbons (Fsp3) is 0.261. The molecule has 0 fully saturated rings. The van der Waals surface area contributed by atoms with Crippen molar-refractivity contribution in [2.24, 2.45) is 0 Å². The molecule has 0 radical (unpaired) electrons. The van der Waals surface area contributed by atoms with Crippen LogP contribution in [-0.2, 0) is 16.0 Å². The third-order valence-electron chi connectivity index (χ3n) is 4.65.